The van der Waals surface area contributed by atoms with Crippen LogP contribution in [0.15, 0.2) is 0 Å². The van der Waals surface area contributed by atoms with Gasteiger partial charge in [-0.2, -0.15) is 0 Å². The van der Waals surface area contributed by atoms with Gasteiger partial charge in [0.15, 0.2) is 0 Å². The van der Waals surface area contributed by atoms with Gasteiger partial charge in [0, 0.05) is 25.0 Å². The second kappa shape index (κ2) is 7.28. The molecule has 60 valence electrons. The molecule has 1 amide bonds. The average molecular weight is 179 g/mol. The molecule has 0 aromatic rings. The quantitative estimate of drug-likeness (QED) is 0.512. The number of hydrogen-bond donors (Lipinski definition) is 1. The fraction of sp³-hybridized carbons (Fsp3) is 0.833. The van der Waals surface area contributed by atoms with Crippen LogP contribution in [0.5, 0.6) is 0 Å². The predicted molar refractivity (Wildman–Crippen MR) is 49.3 cm³/mol. The molecule has 2 nitrogen and oxygen atoms in total. The molecule has 0 aliphatic rings. The van der Waals surface area contributed by atoms with Crippen molar-refractivity contribution in [3.05, 3.63) is 0 Å². The van der Waals surface area contributed by atoms with E-state index in [-0.39, 0.29) is 5.91 Å². The van der Waals surface area contributed by atoms with E-state index in [4.69, 9.17) is 0 Å². The number of amides is 1. The summed E-state index contributed by atoms with van der Waals surface area (Å²) in [6, 6.07) is 0. The monoisotopic (exact) mass is 179 g/mol. The van der Waals surface area contributed by atoms with Gasteiger partial charge in [-0.1, -0.05) is 28.5 Å². The summed E-state index contributed by atoms with van der Waals surface area (Å²) < 4.78 is 0. The zero-order chi connectivity index (χ0) is 7.82. The van der Waals surface area contributed by atoms with Gasteiger partial charge in [-0.05, 0) is 0 Å². The van der Waals surface area contributed by atoms with Crippen LogP contribution in [0.1, 0.15) is 13.8 Å². The molecular weight excluding hydrogens is 166 g/mol. The van der Waals surface area contributed by atoms with Crippen molar-refractivity contribution in [1.82, 2.24) is 5.32 Å². The molecule has 0 radical (unpaired) electrons. The first-order valence-corrected chi connectivity index (χ1v) is 5.75. The van der Waals surface area contributed by atoms with Gasteiger partial charge in [0.1, 0.15) is 0 Å². The molecule has 4 heteroatoms. The Kier molecular flexibility index (Phi) is 7.40. The van der Waals surface area contributed by atoms with Crippen molar-refractivity contribution in [2.75, 3.05) is 18.1 Å². The standard InChI is InChI=1S/C6H13NOS2/c1-3-9-10-5-4-7-6(2)8/h3-5H2,1-2H3,(H,7,8). The molecule has 0 saturated heterocycles. The summed E-state index contributed by atoms with van der Waals surface area (Å²) in [4.78, 5) is 10.3. The van der Waals surface area contributed by atoms with Gasteiger partial charge in [0.2, 0.25) is 5.91 Å². The summed E-state index contributed by atoms with van der Waals surface area (Å²) in [6.45, 7) is 4.45. The summed E-state index contributed by atoms with van der Waals surface area (Å²) in [5, 5.41) is 2.73. The molecule has 0 heterocycles. The van der Waals surface area contributed by atoms with Crippen molar-refractivity contribution in [2.45, 2.75) is 13.8 Å². The van der Waals surface area contributed by atoms with E-state index in [0.717, 1.165) is 18.1 Å². The van der Waals surface area contributed by atoms with Gasteiger partial charge in [-0.3, -0.25) is 4.79 Å². The lowest BCUT2D eigenvalue weighted by molar-refractivity contribution is -0.118. The zero-order valence-corrected chi connectivity index (χ0v) is 7.98. The number of rotatable bonds is 5. The third-order valence-electron chi connectivity index (χ3n) is 0.761. The molecule has 0 aromatic heterocycles. The number of carbonyl (C=O) groups excluding carboxylic acids is 1. The molecule has 0 saturated carbocycles. The van der Waals surface area contributed by atoms with Crippen LogP contribution in [0.2, 0.25) is 0 Å². The molecule has 10 heavy (non-hydrogen) atoms. The van der Waals surface area contributed by atoms with Crippen LogP contribution < -0.4 is 5.32 Å². The highest BCUT2D eigenvalue weighted by Crippen LogP contribution is 2.18. The largest absolute Gasteiger partial charge is 0.355 e. The third kappa shape index (κ3) is 8.17. The van der Waals surface area contributed by atoms with Gasteiger partial charge >= 0.3 is 0 Å². The average Bonchev–Trinajstić information content (AvgIpc) is 1.87. The minimum atomic E-state index is 0.0575. The second-order valence-corrected chi connectivity index (χ2v) is 4.58. The molecule has 0 aliphatic heterocycles. The lowest BCUT2D eigenvalue weighted by Crippen LogP contribution is -2.22. The van der Waals surface area contributed by atoms with Gasteiger partial charge in [0.05, 0.1) is 0 Å². The minimum Gasteiger partial charge on any atom is -0.355 e. The molecule has 0 bridgehead atoms. The number of nitrogens with one attached hydrogen (secondary N) is 1. The molecule has 0 aromatic carbocycles. The predicted octanol–water partition coefficient (Wildman–Crippen LogP) is 1.52. The van der Waals surface area contributed by atoms with E-state index >= 15 is 0 Å². The Balaban J connectivity index is 2.84. The Morgan fingerprint density at radius 2 is 2.20 bits per heavy atom. The molecular formula is C6H13NOS2. The fourth-order valence-corrected chi connectivity index (χ4v) is 1.98. The summed E-state index contributed by atoms with van der Waals surface area (Å²) in [6.07, 6.45) is 0. The van der Waals surface area contributed by atoms with Crippen molar-refractivity contribution >= 4 is 27.5 Å². The molecule has 0 spiro atoms. The molecule has 0 fully saturated rings. The van der Waals surface area contributed by atoms with Crippen molar-refractivity contribution < 1.29 is 4.79 Å². The third-order valence-corrected chi connectivity index (χ3v) is 3.24. The maximum atomic E-state index is 10.3. The van der Waals surface area contributed by atoms with Crippen LogP contribution in [-0.2, 0) is 4.79 Å². The van der Waals surface area contributed by atoms with Gasteiger partial charge in [-0.15, -0.1) is 0 Å². The van der Waals surface area contributed by atoms with Crippen LogP contribution in [-0.4, -0.2) is 24.0 Å². The summed E-state index contributed by atoms with van der Waals surface area (Å²) in [5.41, 5.74) is 0. The van der Waals surface area contributed by atoms with Crippen LogP contribution >= 0.6 is 21.6 Å². The number of hydrogen-bond acceptors (Lipinski definition) is 3. The highest BCUT2D eigenvalue weighted by molar-refractivity contribution is 8.76. The van der Waals surface area contributed by atoms with Gasteiger partial charge in [0.25, 0.3) is 0 Å². The molecule has 0 atom stereocenters. The topological polar surface area (TPSA) is 29.1 Å². The van der Waals surface area contributed by atoms with E-state index in [0.29, 0.717) is 0 Å². The Morgan fingerprint density at radius 1 is 1.50 bits per heavy atom. The molecule has 0 rings (SSSR count). The molecule has 1 N–H and O–H groups in total. The van der Waals surface area contributed by atoms with E-state index in [1.807, 2.05) is 10.8 Å². The zero-order valence-electron chi connectivity index (χ0n) is 6.35. The van der Waals surface area contributed by atoms with Crippen LogP contribution in [0, 0.1) is 0 Å². The SMILES string of the molecule is CCSSCCNC(C)=O. The fourth-order valence-electron chi connectivity index (χ4n) is 0.411. The number of carbonyl (C=O) groups is 1. The van der Waals surface area contributed by atoms with Crippen molar-refractivity contribution in [3.63, 3.8) is 0 Å². The normalized spacial score (nSPS) is 9.40. The highest BCUT2D eigenvalue weighted by Gasteiger charge is 1.89. The highest BCUT2D eigenvalue weighted by atomic mass is 33.1. The Labute approximate surface area is 69.9 Å². The maximum Gasteiger partial charge on any atom is 0.216 e. The lowest BCUT2D eigenvalue weighted by Gasteiger charge is -1.99. The summed E-state index contributed by atoms with van der Waals surface area (Å²) in [5.74, 6) is 2.19. The van der Waals surface area contributed by atoms with Crippen LogP contribution in [0.25, 0.3) is 0 Å². The smallest absolute Gasteiger partial charge is 0.216 e. The minimum absolute atomic E-state index is 0.0575. The van der Waals surface area contributed by atoms with E-state index in [9.17, 15) is 4.79 Å². The second-order valence-electron chi connectivity index (χ2n) is 1.71. The van der Waals surface area contributed by atoms with Crippen LogP contribution in [0.4, 0.5) is 0 Å². The van der Waals surface area contributed by atoms with Crippen molar-refractivity contribution in [1.29, 1.82) is 0 Å². The lowest BCUT2D eigenvalue weighted by atomic mass is 10.6. The van der Waals surface area contributed by atoms with Crippen molar-refractivity contribution in [3.8, 4) is 0 Å². The Morgan fingerprint density at radius 3 is 2.70 bits per heavy atom. The summed E-state index contributed by atoms with van der Waals surface area (Å²) >= 11 is 0. The molecule has 0 aliphatic carbocycles. The van der Waals surface area contributed by atoms with E-state index in [2.05, 4.69) is 12.2 Å². The summed E-state index contributed by atoms with van der Waals surface area (Å²) in [7, 11) is 3.62. The van der Waals surface area contributed by atoms with E-state index < -0.39 is 0 Å². The van der Waals surface area contributed by atoms with E-state index in [1.165, 1.54) is 6.92 Å². The first-order valence-electron chi connectivity index (χ1n) is 3.26. The van der Waals surface area contributed by atoms with Crippen LogP contribution in [0.3, 0.4) is 0 Å². The van der Waals surface area contributed by atoms with Gasteiger partial charge < -0.3 is 5.32 Å². The Bertz CT molecular complexity index is 97.7. The Hall–Kier alpha value is 0.170. The maximum absolute atomic E-state index is 10.3. The van der Waals surface area contributed by atoms with Gasteiger partial charge in [-0.25, -0.2) is 0 Å². The van der Waals surface area contributed by atoms with Crippen molar-refractivity contribution in [2.24, 2.45) is 0 Å². The van der Waals surface area contributed by atoms with E-state index in [1.54, 1.807) is 10.8 Å². The first-order chi connectivity index (χ1) is 4.77. The first kappa shape index (κ1) is 10.2. The molecule has 0 unspecified atom stereocenters.